The fourth-order valence-electron chi connectivity index (χ4n) is 13.7. The summed E-state index contributed by atoms with van der Waals surface area (Å²) in [6, 6.07) is -9.83. The van der Waals surface area contributed by atoms with Crippen molar-refractivity contribution in [2.75, 3.05) is 46.0 Å². The van der Waals surface area contributed by atoms with E-state index in [0.29, 0.717) is 32.1 Å². The molecule has 0 spiro atoms. The van der Waals surface area contributed by atoms with Crippen LogP contribution in [0, 0.1) is 35.5 Å². The minimum atomic E-state index is -1.78. The maximum atomic E-state index is 14.7. The second-order valence-electron chi connectivity index (χ2n) is 34.5. The summed E-state index contributed by atoms with van der Waals surface area (Å²) in [7, 11) is 0. The van der Waals surface area contributed by atoms with E-state index in [1.165, 1.54) is 103 Å². The van der Waals surface area contributed by atoms with Crippen LogP contribution < -0.4 is 76.1 Å². The number of aliphatic imine (C=N–C) groups is 1. The summed E-state index contributed by atoms with van der Waals surface area (Å²) in [5.74, 6) is -10.2. The van der Waals surface area contributed by atoms with Crippen molar-refractivity contribution in [1.29, 1.82) is 0 Å². The molecule has 0 aliphatic rings. The summed E-state index contributed by atoms with van der Waals surface area (Å²) >= 11 is 0. The highest BCUT2D eigenvalue weighted by molar-refractivity contribution is 5.98. The van der Waals surface area contributed by atoms with Gasteiger partial charge < -0.3 is 90.7 Å². The van der Waals surface area contributed by atoms with Crippen LogP contribution in [0.25, 0.3) is 0 Å². The summed E-state index contributed by atoms with van der Waals surface area (Å²) in [6.07, 6.45) is 31.7. The lowest BCUT2D eigenvalue weighted by molar-refractivity contribution is -0.154. The van der Waals surface area contributed by atoms with E-state index in [1.54, 1.807) is 20.8 Å². The van der Waals surface area contributed by atoms with E-state index in [0.717, 1.165) is 51.4 Å². The molecule has 0 aliphatic heterocycles. The number of hydrogen-bond donors (Lipinski definition) is 15. The van der Waals surface area contributed by atoms with Crippen LogP contribution in [-0.2, 0) is 67.0 Å². The van der Waals surface area contributed by atoms with Gasteiger partial charge in [-0.1, -0.05) is 257 Å². The van der Waals surface area contributed by atoms with E-state index < -0.39 is 163 Å². The molecule has 0 bridgehead atoms. The normalized spacial score (nSPS) is 13.9. The van der Waals surface area contributed by atoms with Crippen LogP contribution in [0.15, 0.2) is 4.99 Å². The van der Waals surface area contributed by atoms with Gasteiger partial charge in [0.05, 0.1) is 19.7 Å². The zero-order valence-corrected chi connectivity index (χ0v) is 74.8. The number of rotatable bonds is 72. The number of amides is 10. The maximum Gasteiger partial charge on any atom is 0.305 e. The Hall–Kier alpha value is -7.21. The lowest BCUT2D eigenvalue weighted by Gasteiger charge is -2.32. The SMILES string of the molecule is CCCCCCCCCCCCCCCC(=O)OCC(CO)(COC(=O)CCCCCCCCCCCCCCC)NC(=O)CNC(=O)[C@@H](NC(=O)[C@H](CCCCN)NC(=O)[C@H](CC(C)C)NC(=O)[C@H](CC(C)C)NC(=O)[C@H](CC(C)C)NC(=O)[C@@H](NC(=O)[C@H](CCCN=C(N)N)NC(=O)[C@H](CC(C)C)NC(=O)CN)[C@@H](C)CC)C(C)C. The Labute approximate surface area is 703 Å². The Kier molecular flexibility index (Phi) is 62.5. The topological polar surface area (TPSA) is 480 Å². The molecule has 0 aromatic carbocycles. The number of nitrogens with zero attached hydrogens (tertiary/aromatic N) is 1. The maximum absolute atomic E-state index is 14.7. The van der Waals surface area contributed by atoms with Crippen LogP contribution >= 0.6 is 0 Å². The second kappa shape index (κ2) is 66.6. The number of aliphatic hydroxyl groups excluding tert-OH is 1. The average Bonchev–Trinajstić information content (AvgIpc) is 0.863. The standard InChI is InChI=1S/C87H165N15O15/c1-15-18-20-22-24-26-28-30-32-34-36-38-40-47-74(106)116-58-87(57-103,59-117-75(107)48-41-39-37-35-33-31-29-27-25-23-21-19-16-2)102-73(105)56-93-84(114)76(64(12)13)100-78(108)66(45-42-43-49-88)95-81(111)69(52-61(6)7)97-82(112)70(53-62(8)9)98-83(113)71(54-63(10)11)99-85(115)77(65(14)17-3)101-79(109)67(46-44-50-92-86(90)91)96-80(110)68(51-60(4)5)94-72(104)55-89/h60-71,76-77,103H,15-59,88-89H2,1-14H3,(H,93,114)(H,94,104)(H,95,111)(H,96,110)(H,97,112)(H,98,113)(H,99,115)(H,100,108)(H,101,109)(H,102,105)(H4,90,91,92)/t65-,66-,67-,68-,69-,70-,71-,76-,77-/m0/s1. The second-order valence-corrected chi connectivity index (χ2v) is 34.5. The van der Waals surface area contributed by atoms with Crippen molar-refractivity contribution >= 4 is 77.0 Å². The van der Waals surface area contributed by atoms with Gasteiger partial charge in [0.15, 0.2) is 5.96 Å². The van der Waals surface area contributed by atoms with Gasteiger partial charge in [-0.3, -0.25) is 62.5 Å². The van der Waals surface area contributed by atoms with Gasteiger partial charge in [-0.25, -0.2) is 0 Å². The van der Waals surface area contributed by atoms with Crippen molar-refractivity contribution in [2.24, 2.45) is 63.4 Å². The molecule has 0 aliphatic carbocycles. The first kappa shape index (κ1) is 110. The van der Waals surface area contributed by atoms with Crippen molar-refractivity contribution in [3.05, 3.63) is 0 Å². The van der Waals surface area contributed by atoms with E-state index in [2.05, 4.69) is 72.0 Å². The lowest BCUT2D eigenvalue weighted by atomic mass is 9.95. The largest absolute Gasteiger partial charge is 0.463 e. The molecule has 0 aromatic rings. The molecule has 0 heterocycles. The number of carbonyl (C=O) groups is 12. The summed E-state index contributed by atoms with van der Waals surface area (Å²) in [4.78, 5) is 172. The zero-order chi connectivity index (χ0) is 88.1. The molecule has 0 unspecified atom stereocenters. The number of carbonyl (C=O) groups excluding carboxylic acids is 12. The summed E-state index contributed by atoms with van der Waals surface area (Å²) in [5.41, 5.74) is 20.8. The van der Waals surface area contributed by atoms with Gasteiger partial charge in [0.25, 0.3) is 0 Å². The van der Waals surface area contributed by atoms with Crippen molar-refractivity contribution in [1.82, 2.24) is 53.2 Å². The van der Waals surface area contributed by atoms with E-state index in [-0.39, 0.29) is 107 Å². The average molecular weight is 1660 g/mol. The van der Waals surface area contributed by atoms with Crippen molar-refractivity contribution < 1.29 is 72.1 Å². The Morgan fingerprint density at radius 1 is 0.376 bits per heavy atom. The molecule has 10 amide bonds. The molecule has 9 atom stereocenters. The molecule has 678 valence electrons. The first-order chi connectivity index (χ1) is 55.6. The first-order valence-electron chi connectivity index (χ1n) is 45.0. The quantitative estimate of drug-likeness (QED) is 0.0117. The Bertz CT molecular complexity index is 2800. The number of unbranched alkanes of at least 4 members (excludes halogenated alkanes) is 25. The smallest absolute Gasteiger partial charge is 0.305 e. The number of nitrogens with one attached hydrogen (secondary N) is 10. The molecule has 0 rings (SSSR count). The van der Waals surface area contributed by atoms with Crippen LogP contribution in [0.2, 0.25) is 0 Å². The molecule has 0 aromatic heterocycles. The fraction of sp³-hybridized carbons (Fsp3) is 0.851. The molecule has 117 heavy (non-hydrogen) atoms. The van der Waals surface area contributed by atoms with Gasteiger partial charge in [0.2, 0.25) is 59.1 Å². The molecule has 0 saturated heterocycles. The first-order valence-corrected chi connectivity index (χ1v) is 45.0. The third-order valence-corrected chi connectivity index (χ3v) is 20.9. The number of guanidine groups is 1. The van der Waals surface area contributed by atoms with Gasteiger partial charge in [-0.2, -0.15) is 0 Å². The highest BCUT2D eigenvalue weighted by Crippen LogP contribution is 2.20. The predicted molar refractivity (Wildman–Crippen MR) is 463 cm³/mol. The molecular formula is C87H165N15O15. The van der Waals surface area contributed by atoms with Crippen LogP contribution in [0.5, 0.6) is 0 Å². The number of ether oxygens (including phenoxy) is 2. The Balaban J connectivity index is 6.71. The van der Waals surface area contributed by atoms with E-state index in [1.807, 2.05) is 62.3 Å². The number of nitrogens with two attached hydrogens (primary N) is 4. The monoisotopic (exact) mass is 1660 g/mol. The van der Waals surface area contributed by atoms with Crippen molar-refractivity contribution in [2.45, 2.75) is 395 Å². The molecule has 30 heteroatoms. The highest BCUT2D eigenvalue weighted by atomic mass is 16.6. The molecule has 0 radical (unpaired) electrons. The minimum absolute atomic E-state index is 0.0245. The Morgan fingerprint density at radius 2 is 0.709 bits per heavy atom. The van der Waals surface area contributed by atoms with E-state index in [9.17, 15) is 62.6 Å². The van der Waals surface area contributed by atoms with Gasteiger partial charge >= 0.3 is 11.9 Å². The zero-order valence-electron chi connectivity index (χ0n) is 74.8. The summed E-state index contributed by atoms with van der Waals surface area (Å²) in [6.45, 7) is 23.6. The summed E-state index contributed by atoms with van der Waals surface area (Å²) in [5, 5.41) is 38.4. The van der Waals surface area contributed by atoms with E-state index >= 15 is 0 Å². The predicted octanol–water partition coefficient (Wildman–Crippen LogP) is 8.91. The van der Waals surface area contributed by atoms with Crippen LogP contribution in [-0.4, -0.2) is 182 Å². The van der Waals surface area contributed by atoms with Gasteiger partial charge in [-0.05, 0) is 113 Å². The van der Waals surface area contributed by atoms with Crippen molar-refractivity contribution in [3.63, 3.8) is 0 Å². The van der Waals surface area contributed by atoms with Crippen LogP contribution in [0.3, 0.4) is 0 Å². The molecule has 0 fully saturated rings. The van der Waals surface area contributed by atoms with Gasteiger partial charge in [-0.15, -0.1) is 0 Å². The van der Waals surface area contributed by atoms with Crippen LogP contribution in [0.4, 0.5) is 0 Å². The Morgan fingerprint density at radius 3 is 1.04 bits per heavy atom. The molecule has 30 nitrogen and oxygen atoms in total. The molecule has 0 saturated carbocycles. The fourth-order valence-corrected chi connectivity index (χ4v) is 13.7. The number of esters is 2. The lowest BCUT2D eigenvalue weighted by Crippen LogP contribution is -2.61. The van der Waals surface area contributed by atoms with Crippen LogP contribution in [0.1, 0.15) is 341 Å². The van der Waals surface area contributed by atoms with Gasteiger partial charge in [0, 0.05) is 19.4 Å². The third kappa shape index (κ3) is 53.8. The number of aliphatic hydroxyl groups is 1. The third-order valence-electron chi connectivity index (χ3n) is 20.9. The van der Waals surface area contributed by atoms with Gasteiger partial charge in [0.1, 0.15) is 67.1 Å². The molecular weight excluding hydrogens is 1500 g/mol. The summed E-state index contributed by atoms with van der Waals surface area (Å²) < 4.78 is 11.3. The highest BCUT2D eigenvalue weighted by Gasteiger charge is 2.39. The molecule has 19 N–H and O–H groups in total. The number of hydrogen-bond acceptors (Lipinski definition) is 18. The minimum Gasteiger partial charge on any atom is -0.463 e. The van der Waals surface area contributed by atoms with E-state index in [4.69, 9.17) is 32.4 Å². The van der Waals surface area contributed by atoms with Crippen molar-refractivity contribution in [3.8, 4) is 0 Å².